The number of benzene rings is 1. The second kappa shape index (κ2) is 7.89. The molecule has 0 bridgehead atoms. The number of aliphatic hydroxyl groups is 1. The summed E-state index contributed by atoms with van der Waals surface area (Å²) in [5.74, 6) is -0.467. The zero-order valence-corrected chi connectivity index (χ0v) is 14.0. The number of nitrogens with one attached hydrogen (secondary N) is 1. The predicted octanol–water partition coefficient (Wildman–Crippen LogP) is 2.63. The Balaban J connectivity index is 2.12. The smallest absolute Gasteiger partial charge is 0.256 e. The highest BCUT2D eigenvalue weighted by atomic mass is 32.1. The predicted molar refractivity (Wildman–Crippen MR) is 92.1 cm³/mol. The lowest BCUT2D eigenvalue weighted by Gasteiger charge is -2.16. The number of rotatable bonds is 6. The van der Waals surface area contributed by atoms with Crippen LogP contribution in [0.4, 0.5) is 5.00 Å². The van der Waals surface area contributed by atoms with Gasteiger partial charge in [0, 0.05) is 19.2 Å². The van der Waals surface area contributed by atoms with Crippen LogP contribution in [0.3, 0.4) is 0 Å². The highest BCUT2D eigenvalue weighted by Gasteiger charge is 2.18. The molecule has 0 radical (unpaired) electrons. The highest BCUT2D eigenvalue weighted by Crippen LogP contribution is 2.25. The van der Waals surface area contributed by atoms with Crippen molar-refractivity contribution in [3.8, 4) is 0 Å². The van der Waals surface area contributed by atoms with Gasteiger partial charge in [0.05, 0.1) is 12.2 Å². The van der Waals surface area contributed by atoms with Gasteiger partial charge >= 0.3 is 0 Å². The lowest BCUT2D eigenvalue weighted by atomic mass is 10.1. The van der Waals surface area contributed by atoms with Gasteiger partial charge in [0.15, 0.2) is 0 Å². The van der Waals surface area contributed by atoms with E-state index in [1.807, 2.05) is 12.1 Å². The summed E-state index contributed by atoms with van der Waals surface area (Å²) in [4.78, 5) is 26.0. The van der Waals surface area contributed by atoms with Gasteiger partial charge in [-0.2, -0.15) is 0 Å². The second-order valence-corrected chi connectivity index (χ2v) is 6.03. The van der Waals surface area contributed by atoms with Crippen molar-refractivity contribution >= 4 is 28.2 Å². The lowest BCUT2D eigenvalue weighted by Crippen LogP contribution is -2.29. The van der Waals surface area contributed by atoms with E-state index in [2.05, 4.69) is 12.2 Å². The molecular weight excluding hydrogens is 312 g/mol. The van der Waals surface area contributed by atoms with Crippen molar-refractivity contribution < 1.29 is 14.7 Å². The lowest BCUT2D eigenvalue weighted by molar-refractivity contribution is 0.0768. The van der Waals surface area contributed by atoms with E-state index >= 15 is 0 Å². The van der Waals surface area contributed by atoms with Crippen LogP contribution in [-0.2, 0) is 6.42 Å². The highest BCUT2D eigenvalue weighted by molar-refractivity contribution is 7.14. The van der Waals surface area contributed by atoms with Gasteiger partial charge in [0.25, 0.3) is 11.8 Å². The van der Waals surface area contributed by atoms with Gasteiger partial charge in [-0.1, -0.05) is 19.1 Å². The first-order valence-corrected chi connectivity index (χ1v) is 8.29. The zero-order chi connectivity index (χ0) is 16.8. The third-order valence-electron chi connectivity index (χ3n) is 3.53. The molecule has 0 unspecified atom stereocenters. The van der Waals surface area contributed by atoms with Crippen molar-refractivity contribution in [2.45, 2.75) is 13.3 Å². The van der Waals surface area contributed by atoms with Crippen LogP contribution in [0.25, 0.3) is 0 Å². The zero-order valence-electron chi connectivity index (χ0n) is 13.2. The largest absolute Gasteiger partial charge is 0.395 e. The van der Waals surface area contributed by atoms with Crippen LogP contribution in [0.2, 0.25) is 0 Å². The number of aliphatic hydroxyl groups excluding tert-OH is 1. The third kappa shape index (κ3) is 4.18. The standard InChI is InChI=1S/C17H20N2O3S/c1-3-12-4-6-13(7-5-12)15(21)18-16-14(8-11-23-16)17(22)19(2)9-10-20/h4-8,11,20H,3,9-10H2,1-2H3,(H,18,21). The molecule has 23 heavy (non-hydrogen) atoms. The van der Waals surface area contributed by atoms with E-state index in [0.717, 1.165) is 6.42 Å². The topological polar surface area (TPSA) is 69.6 Å². The summed E-state index contributed by atoms with van der Waals surface area (Å²) in [6.07, 6.45) is 0.919. The van der Waals surface area contributed by atoms with Crippen LogP contribution in [0.15, 0.2) is 35.7 Å². The van der Waals surface area contributed by atoms with Crippen LogP contribution in [0.1, 0.15) is 33.2 Å². The Hall–Kier alpha value is -2.18. The monoisotopic (exact) mass is 332 g/mol. The van der Waals surface area contributed by atoms with E-state index in [4.69, 9.17) is 5.11 Å². The fourth-order valence-electron chi connectivity index (χ4n) is 2.10. The number of amides is 2. The summed E-state index contributed by atoms with van der Waals surface area (Å²) in [5.41, 5.74) is 2.15. The summed E-state index contributed by atoms with van der Waals surface area (Å²) in [5, 5.41) is 14.0. The molecule has 0 saturated carbocycles. The van der Waals surface area contributed by atoms with Gasteiger partial charge in [0.2, 0.25) is 0 Å². The van der Waals surface area contributed by atoms with E-state index in [9.17, 15) is 9.59 Å². The van der Waals surface area contributed by atoms with Gasteiger partial charge in [-0.15, -0.1) is 11.3 Å². The molecule has 2 amide bonds. The van der Waals surface area contributed by atoms with Crippen molar-refractivity contribution in [3.63, 3.8) is 0 Å². The number of carbonyl (C=O) groups excluding carboxylic acids is 2. The van der Waals surface area contributed by atoms with Gasteiger partial charge in [-0.05, 0) is 35.6 Å². The minimum Gasteiger partial charge on any atom is -0.395 e. The van der Waals surface area contributed by atoms with Crippen LogP contribution in [0.5, 0.6) is 0 Å². The SMILES string of the molecule is CCc1ccc(C(=O)Nc2sccc2C(=O)N(C)CCO)cc1. The molecule has 1 aromatic heterocycles. The maximum absolute atomic E-state index is 12.3. The first-order chi connectivity index (χ1) is 11.1. The molecule has 0 saturated heterocycles. The Kier molecular flexibility index (Phi) is 5.90. The van der Waals surface area contributed by atoms with Gasteiger partial charge < -0.3 is 15.3 Å². The number of aryl methyl sites for hydroxylation is 1. The molecule has 0 fully saturated rings. The van der Waals surface area contributed by atoms with Crippen molar-refractivity contribution in [2.24, 2.45) is 0 Å². The molecule has 2 aromatic rings. The molecule has 5 nitrogen and oxygen atoms in total. The maximum Gasteiger partial charge on any atom is 0.256 e. The minimum absolute atomic E-state index is 0.0994. The number of hydrogen-bond acceptors (Lipinski definition) is 4. The Morgan fingerprint density at radius 3 is 2.52 bits per heavy atom. The molecule has 0 aliphatic heterocycles. The van der Waals surface area contributed by atoms with Gasteiger partial charge in [-0.25, -0.2) is 0 Å². The molecule has 2 rings (SSSR count). The number of likely N-dealkylation sites (N-methyl/N-ethyl adjacent to an activating group) is 1. The molecule has 0 spiro atoms. The molecule has 122 valence electrons. The number of nitrogens with zero attached hydrogens (tertiary/aromatic N) is 1. The average Bonchev–Trinajstić information content (AvgIpc) is 3.02. The Bertz CT molecular complexity index is 679. The van der Waals surface area contributed by atoms with Gasteiger partial charge in [0.1, 0.15) is 5.00 Å². The van der Waals surface area contributed by atoms with Crippen LogP contribution >= 0.6 is 11.3 Å². The number of carbonyl (C=O) groups is 2. The summed E-state index contributed by atoms with van der Waals surface area (Å²) in [6.45, 7) is 2.21. The van der Waals surface area contributed by atoms with Crippen molar-refractivity contribution in [1.29, 1.82) is 0 Å². The minimum atomic E-state index is -0.242. The van der Waals surface area contributed by atoms with Crippen molar-refractivity contribution in [2.75, 3.05) is 25.5 Å². The summed E-state index contributed by atoms with van der Waals surface area (Å²) in [7, 11) is 1.62. The molecule has 0 aliphatic carbocycles. The fourth-order valence-corrected chi connectivity index (χ4v) is 2.87. The molecule has 1 aromatic carbocycles. The normalized spacial score (nSPS) is 10.4. The first kappa shape index (κ1) is 17.2. The molecule has 0 aliphatic rings. The molecule has 6 heteroatoms. The van der Waals surface area contributed by atoms with E-state index in [-0.39, 0.29) is 25.0 Å². The second-order valence-electron chi connectivity index (χ2n) is 5.12. The van der Waals surface area contributed by atoms with Crippen molar-refractivity contribution in [3.05, 3.63) is 52.4 Å². The average molecular weight is 332 g/mol. The number of anilines is 1. The van der Waals surface area contributed by atoms with E-state index in [1.54, 1.807) is 30.6 Å². The van der Waals surface area contributed by atoms with E-state index < -0.39 is 0 Å². The van der Waals surface area contributed by atoms with Gasteiger partial charge in [-0.3, -0.25) is 9.59 Å². The quantitative estimate of drug-likeness (QED) is 0.854. The third-order valence-corrected chi connectivity index (χ3v) is 4.36. The number of thiophene rings is 1. The first-order valence-electron chi connectivity index (χ1n) is 7.41. The fraction of sp³-hybridized carbons (Fsp3) is 0.294. The summed E-state index contributed by atoms with van der Waals surface area (Å²) < 4.78 is 0. The maximum atomic E-state index is 12.3. The van der Waals surface area contributed by atoms with E-state index in [0.29, 0.717) is 16.1 Å². The Labute approximate surface area is 139 Å². The van der Waals surface area contributed by atoms with Crippen LogP contribution in [0, 0.1) is 0 Å². The van der Waals surface area contributed by atoms with Crippen molar-refractivity contribution in [1.82, 2.24) is 4.90 Å². The molecular formula is C17H20N2O3S. The Morgan fingerprint density at radius 2 is 1.91 bits per heavy atom. The van der Waals surface area contributed by atoms with E-state index in [1.165, 1.54) is 21.8 Å². The Morgan fingerprint density at radius 1 is 1.22 bits per heavy atom. The summed E-state index contributed by atoms with van der Waals surface area (Å²) in [6, 6.07) is 9.08. The number of hydrogen-bond donors (Lipinski definition) is 2. The van der Waals surface area contributed by atoms with Crippen LogP contribution in [-0.4, -0.2) is 42.0 Å². The molecule has 0 atom stereocenters. The molecule has 1 heterocycles. The summed E-state index contributed by atoms with van der Waals surface area (Å²) >= 11 is 1.30. The molecule has 2 N–H and O–H groups in total. The van der Waals surface area contributed by atoms with Crippen LogP contribution < -0.4 is 5.32 Å².